The monoisotopic (exact) mass is 719 g/mol. The fourth-order valence-corrected chi connectivity index (χ4v) is 5.27. The van der Waals surface area contributed by atoms with Crippen LogP contribution in [-0.2, 0) is 18.4 Å². The molecule has 0 radical (unpaired) electrons. The lowest BCUT2D eigenvalue weighted by molar-refractivity contribution is -0.870. The third-order valence-electron chi connectivity index (χ3n) is 7.58. The van der Waals surface area contributed by atoms with Crippen molar-refractivity contribution in [1.29, 1.82) is 0 Å². The molecule has 50 heavy (non-hydrogen) atoms. The van der Waals surface area contributed by atoms with Gasteiger partial charge in [0.1, 0.15) is 13.2 Å². The Balaban J connectivity index is 4.77. The van der Waals surface area contributed by atoms with Gasteiger partial charge in [-0.1, -0.05) is 125 Å². The number of phosphoric ester groups is 1. The molecule has 0 aromatic carbocycles. The number of nitrogens with zero attached hydrogens (tertiary/aromatic N) is 1. The van der Waals surface area contributed by atoms with Gasteiger partial charge < -0.3 is 28.8 Å². The Hall–Kier alpha value is -2.32. The van der Waals surface area contributed by atoms with Crippen LogP contribution in [0.4, 0.5) is 0 Å². The van der Waals surface area contributed by atoms with Gasteiger partial charge in [0, 0.05) is 6.42 Å². The Kier molecular flexibility index (Phi) is 31.1. The number of hydrogen-bond acceptors (Lipinski definition) is 6. The SMILES string of the molecule is CC/C=C\C/C=C\C/C=C\C/C=C\CCC(=O)NC(COP(=O)([O-])OCC[N+](C)(C)C)C(O)/C=C/CC/C=C/CC/C=C/CCCCCCC. The van der Waals surface area contributed by atoms with Crippen molar-refractivity contribution in [2.24, 2.45) is 0 Å². The van der Waals surface area contributed by atoms with E-state index in [1.165, 1.54) is 32.1 Å². The van der Waals surface area contributed by atoms with Gasteiger partial charge in [-0.15, -0.1) is 0 Å². The van der Waals surface area contributed by atoms with Gasteiger partial charge in [-0.25, -0.2) is 0 Å². The molecule has 0 fully saturated rings. The first-order valence-electron chi connectivity index (χ1n) is 18.9. The zero-order valence-corrected chi connectivity index (χ0v) is 32.9. The van der Waals surface area contributed by atoms with E-state index in [1.54, 1.807) is 6.08 Å². The minimum atomic E-state index is -4.61. The van der Waals surface area contributed by atoms with E-state index in [4.69, 9.17) is 9.05 Å². The number of aliphatic hydroxyl groups is 1. The molecule has 0 aliphatic rings. The van der Waals surface area contributed by atoms with Crippen molar-refractivity contribution in [2.75, 3.05) is 40.9 Å². The summed E-state index contributed by atoms with van der Waals surface area (Å²) in [5, 5.41) is 13.6. The van der Waals surface area contributed by atoms with E-state index in [1.807, 2.05) is 39.4 Å². The number of carbonyl (C=O) groups excluding carboxylic acids is 1. The number of amides is 1. The number of quaternary nitrogens is 1. The van der Waals surface area contributed by atoms with E-state index in [2.05, 4.69) is 79.9 Å². The van der Waals surface area contributed by atoms with E-state index < -0.39 is 26.6 Å². The molecule has 8 nitrogen and oxygen atoms in total. The predicted molar refractivity (Wildman–Crippen MR) is 210 cm³/mol. The molecule has 0 aliphatic carbocycles. The van der Waals surface area contributed by atoms with Crippen LogP contribution in [-0.4, -0.2) is 68.5 Å². The Morgan fingerprint density at radius 3 is 1.82 bits per heavy atom. The summed E-state index contributed by atoms with van der Waals surface area (Å²) in [4.78, 5) is 25.1. The van der Waals surface area contributed by atoms with Gasteiger partial charge in [-0.05, 0) is 70.6 Å². The normalized spacial score (nSPS) is 15.6. The van der Waals surface area contributed by atoms with Crippen molar-refractivity contribution >= 4 is 13.7 Å². The third kappa shape index (κ3) is 34.1. The van der Waals surface area contributed by atoms with Gasteiger partial charge in [-0.2, -0.15) is 0 Å². The Bertz CT molecular complexity index is 1090. The minimum Gasteiger partial charge on any atom is -0.756 e. The van der Waals surface area contributed by atoms with Crippen LogP contribution in [0.25, 0.3) is 0 Å². The molecule has 0 bridgehead atoms. The maximum Gasteiger partial charge on any atom is 0.268 e. The molecule has 0 saturated heterocycles. The molecular weight excluding hydrogens is 647 g/mol. The molecule has 0 aliphatic heterocycles. The zero-order chi connectivity index (χ0) is 37.2. The highest BCUT2D eigenvalue weighted by molar-refractivity contribution is 7.45. The molecule has 2 N–H and O–H groups in total. The Morgan fingerprint density at radius 2 is 1.24 bits per heavy atom. The van der Waals surface area contributed by atoms with Crippen molar-refractivity contribution in [2.45, 2.75) is 129 Å². The van der Waals surface area contributed by atoms with Crippen molar-refractivity contribution in [3.8, 4) is 0 Å². The molecule has 0 aromatic rings. The summed E-state index contributed by atoms with van der Waals surface area (Å²) in [5.74, 6) is -0.298. The van der Waals surface area contributed by atoms with Crippen LogP contribution in [0.1, 0.15) is 117 Å². The van der Waals surface area contributed by atoms with Crippen LogP contribution in [0.15, 0.2) is 85.1 Å². The van der Waals surface area contributed by atoms with Gasteiger partial charge in [0.25, 0.3) is 7.82 Å². The van der Waals surface area contributed by atoms with Crippen LogP contribution < -0.4 is 10.2 Å². The second kappa shape index (κ2) is 32.6. The Labute approximate surface area is 306 Å². The average Bonchev–Trinajstić information content (AvgIpc) is 3.06. The van der Waals surface area contributed by atoms with Gasteiger partial charge >= 0.3 is 0 Å². The second-order valence-electron chi connectivity index (χ2n) is 13.5. The number of rotatable bonds is 32. The molecule has 3 atom stereocenters. The first-order chi connectivity index (χ1) is 24.0. The van der Waals surface area contributed by atoms with Gasteiger partial charge in [0.2, 0.25) is 5.91 Å². The van der Waals surface area contributed by atoms with Crippen molar-refractivity contribution in [3.63, 3.8) is 0 Å². The highest BCUT2D eigenvalue weighted by Crippen LogP contribution is 2.38. The number of carbonyl (C=O) groups is 1. The lowest BCUT2D eigenvalue weighted by atomic mass is 10.1. The largest absolute Gasteiger partial charge is 0.756 e. The first kappa shape index (κ1) is 47.7. The number of aliphatic hydroxyl groups excluding tert-OH is 1. The molecule has 9 heteroatoms. The summed E-state index contributed by atoms with van der Waals surface area (Å²) in [6, 6.07) is -0.950. The number of likely N-dealkylation sites (N-methyl/N-ethyl adjacent to an activating group) is 1. The highest BCUT2D eigenvalue weighted by Gasteiger charge is 2.23. The summed E-state index contributed by atoms with van der Waals surface area (Å²) in [6.07, 6.45) is 43.6. The van der Waals surface area contributed by atoms with Gasteiger partial charge in [-0.3, -0.25) is 9.36 Å². The summed E-state index contributed by atoms with van der Waals surface area (Å²) >= 11 is 0. The highest BCUT2D eigenvalue weighted by atomic mass is 31.2. The molecular formula is C41H71N2O6P. The standard InChI is InChI=1S/C41H71N2O6P/c1-6-8-10-12-14-16-18-20-21-23-24-26-28-30-32-34-40(44)39(38-49-50(46,47)48-37-36-43(3,4)5)42-41(45)35-33-31-29-27-25-22-19-17-15-13-11-9-7-2/h9,11,15,17-18,20,22,24-26,29,31-32,34,39-40,44H,6-8,10,12-14,16,19,21,23,27-28,30,33,35-38H2,1-5H3,(H-,42,45,46,47)/b11-9-,17-15-,20-18+,25-22-,26-24+,31-29-,34-32+. The van der Waals surface area contributed by atoms with Crippen LogP contribution >= 0.6 is 7.82 Å². The summed E-state index contributed by atoms with van der Waals surface area (Å²) in [6.45, 7) is 4.38. The number of allylic oxidation sites excluding steroid dienone is 13. The topological polar surface area (TPSA) is 108 Å². The molecule has 0 rings (SSSR count). The maximum atomic E-state index is 12.7. The van der Waals surface area contributed by atoms with Crippen LogP contribution in [0.2, 0.25) is 0 Å². The fourth-order valence-electron chi connectivity index (χ4n) is 4.54. The molecule has 0 heterocycles. The van der Waals surface area contributed by atoms with E-state index in [-0.39, 0.29) is 18.9 Å². The number of hydrogen-bond donors (Lipinski definition) is 2. The smallest absolute Gasteiger partial charge is 0.268 e. The number of unbranched alkanes of at least 4 members (excludes halogenated alkanes) is 7. The zero-order valence-electron chi connectivity index (χ0n) is 32.1. The third-order valence-corrected chi connectivity index (χ3v) is 8.54. The Morgan fingerprint density at radius 1 is 0.720 bits per heavy atom. The van der Waals surface area contributed by atoms with Crippen LogP contribution in [0, 0.1) is 0 Å². The minimum absolute atomic E-state index is 0.0262. The second-order valence-corrected chi connectivity index (χ2v) is 14.9. The molecule has 0 spiro atoms. The van der Waals surface area contributed by atoms with Crippen LogP contribution in [0.3, 0.4) is 0 Å². The van der Waals surface area contributed by atoms with Gasteiger partial charge in [0.05, 0.1) is 39.9 Å². The van der Waals surface area contributed by atoms with Crippen molar-refractivity contribution < 1.29 is 32.9 Å². The van der Waals surface area contributed by atoms with Crippen LogP contribution in [0.5, 0.6) is 0 Å². The van der Waals surface area contributed by atoms with E-state index >= 15 is 0 Å². The lowest BCUT2D eigenvalue weighted by Crippen LogP contribution is -2.45. The lowest BCUT2D eigenvalue weighted by Gasteiger charge is -2.29. The fraction of sp³-hybridized carbons (Fsp3) is 0.634. The van der Waals surface area contributed by atoms with Gasteiger partial charge in [0.15, 0.2) is 0 Å². The maximum absolute atomic E-state index is 12.7. The predicted octanol–water partition coefficient (Wildman–Crippen LogP) is 9.21. The summed E-state index contributed by atoms with van der Waals surface area (Å²) in [7, 11) is 1.17. The molecule has 0 aromatic heterocycles. The van der Waals surface area contributed by atoms with E-state index in [9.17, 15) is 19.4 Å². The molecule has 286 valence electrons. The molecule has 0 saturated carbocycles. The number of phosphoric acid groups is 1. The summed E-state index contributed by atoms with van der Waals surface area (Å²) in [5.41, 5.74) is 0. The van der Waals surface area contributed by atoms with E-state index in [0.717, 1.165) is 51.4 Å². The average molecular weight is 719 g/mol. The van der Waals surface area contributed by atoms with E-state index in [0.29, 0.717) is 23.9 Å². The first-order valence-corrected chi connectivity index (χ1v) is 20.4. The number of nitrogens with one attached hydrogen (secondary N) is 1. The summed E-state index contributed by atoms with van der Waals surface area (Å²) < 4.78 is 23.0. The molecule has 3 unspecified atom stereocenters. The molecule has 1 amide bonds. The van der Waals surface area contributed by atoms with Crippen molar-refractivity contribution in [1.82, 2.24) is 5.32 Å². The van der Waals surface area contributed by atoms with Crippen molar-refractivity contribution in [3.05, 3.63) is 85.1 Å². The quantitative estimate of drug-likeness (QED) is 0.0311.